The lowest BCUT2D eigenvalue weighted by atomic mass is 10.1. The minimum Gasteiger partial charge on any atom is -0.453 e. The molecule has 2 heterocycles. The molecule has 2 N–H and O–H groups in total. The predicted octanol–water partition coefficient (Wildman–Crippen LogP) is 3.77. The van der Waals surface area contributed by atoms with E-state index in [9.17, 15) is 9.59 Å². The van der Waals surface area contributed by atoms with Crippen molar-refractivity contribution >= 4 is 39.4 Å². The van der Waals surface area contributed by atoms with E-state index in [0.717, 1.165) is 20.9 Å². The zero-order chi connectivity index (χ0) is 18.7. The van der Waals surface area contributed by atoms with Crippen molar-refractivity contribution in [3.8, 4) is 0 Å². The molecule has 1 fully saturated rings. The van der Waals surface area contributed by atoms with E-state index in [1.165, 1.54) is 7.11 Å². The van der Waals surface area contributed by atoms with Crippen molar-refractivity contribution in [1.29, 1.82) is 0 Å². The first-order valence-corrected chi connectivity index (χ1v) is 9.59. The van der Waals surface area contributed by atoms with E-state index < -0.39 is 0 Å². The number of hydrogen-bond donors (Lipinski definition) is 2. The largest absolute Gasteiger partial charge is 0.453 e. The number of methoxy groups -OCH3 is 1. The van der Waals surface area contributed by atoms with Gasteiger partial charge in [-0.15, -0.1) is 11.3 Å². The van der Waals surface area contributed by atoms with Crippen molar-refractivity contribution in [3.63, 3.8) is 0 Å². The van der Waals surface area contributed by atoms with Crippen LogP contribution in [0.15, 0.2) is 18.2 Å². The van der Waals surface area contributed by atoms with Gasteiger partial charge in [0.25, 0.3) is 0 Å². The molecule has 0 spiro atoms. The van der Waals surface area contributed by atoms with Crippen LogP contribution < -0.4 is 10.6 Å². The molecule has 7 nitrogen and oxygen atoms in total. The van der Waals surface area contributed by atoms with Crippen LogP contribution in [0.25, 0.3) is 10.2 Å². The van der Waals surface area contributed by atoms with Crippen molar-refractivity contribution in [2.45, 2.75) is 38.6 Å². The van der Waals surface area contributed by atoms with Crippen LogP contribution in [0.3, 0.4) is 0 Å². The molecule has 2 aromatic rings. The smallest absolute Gasteiger partial charge is 0.409 e. The zero-order valence-electron chi connectivity index (χ0n) is 15.2. The molecule has 1 aromatic carbocycles. The van der Waals surface area contributed by atoms with Crippen molar-refractivity contribution < 1.29 is 14.3 Å². The Kier molecular flexibility index (Phi) is 5.61. The summed E-state index contributed by atoms with van der Waals surface area (Å²) in [6.45, 7) is 5.41. The van der Waals surface area contributed by atoms with Gasteiger partial charge in [-0.1, -0.05) is 13.8 Å². The van der Waals surface area contributed by atoms with Gasteiger partial charge in [0.15, 0.2) is 0 Å². The molecule has 0 saturated carbocycles. The lowest BCUT2D eigenvalue weighted by Gasteiger charge is -2.31. The number of anilines is 1. The van der Waals surface area contributed by atoms with Crippen LogP contribution in [0.5, 0.6) is 0 Å². The van der Waals surface area contributed by atoms with E-state index in [1.54, 1.807) is 16.2 Å². The second kappa shape index (κ2) is 7.90. The van der Waals surface area contributed by atoms with Gasteiger partial charge in [-0.05, 0) is 31.0 Å². The first-order valence-electron chi connectivity index (χ1n) is 8.77. The predicted molar refractivity (Wildman–Crippen MR) is 103 cm³/mol. The van der Waals surface area contributed by atoms with Gasteiger partial charge in [0.1, 0.15) is 0 Å². The standard InChI is InChI=1S/C18H24N4O3S/c1-11(2)16-21-14-5-4-13(10-15(14)26-16)20-17(23)19-12-6-8-22(9-7-12)18(24)25-3/h4-5,10-12H,6-9H2,1-3H3,(H2,19,20,23). The Balaban J connectivity index is 1.55. The molecule has 0 unspecified atom stereocenters. The van der Waals surface area contributed by atoms with Gasteiger partial charge in [-0.3, -0.25) is 0 Å². The number of rotatable bonds is 3. The highest BCUT2D eigenvalue weighted by Crippen LogP contribution is 2.29. The van der Waals surface area contributed by atoms with E-state index in [-0.39, 0.29) is 18.2 Å². The number of likely N-dealkylation sites (tertiary alicyclic amines) is 1. The number of piperidine rings is 1. The highest BCUT2D eigenvalue weighted by Gasteiger charge is 2.24. The summed E-state index contributed by atoms with van der Waals surface area (Å²) in [7, 11) is 1.38. The maximum Gasteiger partial charge on any atom is 0.409 e. The zero-order valence-corrected chi connectivity index (χ0v) is 16.1. The van der Waals surface area contributed by atoms with Gasteiger partial charge in [0.05, 0.1) is 22.3 Å². The number of amides is 3. The summed E-state index contributed by atoms with van der Waals surface area (Å²) in [4.78, 5) is 30.0. The molecule has 1 aromatic heterocycles. The van der Waals surface area contributed by atoms with Crippen LogP contribution >= 0.6 is 11.3 Å². The van der Waals surface area contributed by atoms with E-state index in [4.69, 9.17) is 4.74 Å². The SMILES string of the molecule is COC(=O)N1CCC(NC(=O)Nc2ccc3nc(C(C)C)sc3c2)CC1. The topological polar surface area (TPSA) is 83.6 Å². The Morgan fingerprint density at radius 3 is 2.69 bits per heavy atom. The number of nitrogens with zero attached hydrogens (tertiary/aromatic N) is 2. The minimum absolute atomic E-state index is 0.0515. The number of ether oxygens (including phenoxy) is 1. The fraction of sp³-hybridized carbons (Fsp3) is 0.500. The Morgan fingerprint density at radius 2 is 2.04 bits per heavy atom. The fourth-order valence-corrected chi connectivity index (χ4v) is 3.96. The summed E-state index contributed by atoms with van der Waals surface area (Å²) in [6, 6.07) is 5.58. The molecule has 1 aliphatic rings. The Labute approximate surface area is 156 Å². The summed E-state index contributed by atoms with van der Waals surface area (Å²) in [6.07, 6.45) is 1.12. The maximum absolute atomic E-state index is 12.3. The molecular weight excluding hydrogens is 352 g/mol. The number of nitrogens with one attached hydrogen (secondary N) is 2. The number of fused-ring (bicyclic) bond motifs is 1. The van der Waals surface area contributed by atoms with Crippen molar-refractivity contribution in [3.05, 3.63) is 23.2 Å². The lowest BCUT2D eigenvalue weighted by molar-refractivity contribution is 0.110. The maximum atomic E-state index is 12.3. The van der Waals surface area contributed by atoms with Gasteiger partial charge < -0.3 is 20.3 Å². The van der Waals surface area contributed by atoms with Gasteiger partial charge in [0.2, 0.25) is 0 Å². The number of hydrogen-bond acceptors (Lipinski definition) is 5. The van der Waals surface area contributed by atoms with Crippen LogP contribution in [-0.2, 0) is 4.74 Å². The monoisotopic (exact) mass is 376 g/mol. The van der Waals surface area contributed by atoms with Gasteiger partial charge in [0, 0.05) is 30.7 Å². The summed E-state index contributed by atoms with van der Waals surface area (Å²) in [5.41, 5.74) is 1.71. The lowest BCUT2D eigenvalue weighted by Crippen LogP contribution is -2.47. The third kappa shape index (κ3) is 4.24. The number of aromatic nitrogens is 1. The first-order chi connectivity index (χ1) is 12.5. The molecule has 0 radical (unpaired) electrons. The fourth-order valence-electron chi connectivity index (χ4n) is 2.96. The van der Waals surface area contributed by atoms with Gasteiger partial charge in [-0.25, -0.2) is 14.6 Å². The van der Waals surface area contributed by atoms with Crippen LogP contribution in [0.2, 0.25) is 0 Å². The summed E-state index contributed by atoms with van der Waals surface area (Å²) >= 11 is 1.66. The van der Waals surface area contributed by atoms with Gasteiger partial charge >= 0.3 is 12.1 Å². The second-order valence-electron chi connectivity index (χ2n) is 6.72. The van der Waals surface area contributed by atoms with Crippen LogP contribution in [0, 0.1) is 0 Å². The van der Waals surface area contributed by atoms with E-state index in [0.29, 0.717) is 31.8 Å². The Morgan fingerprint density at radius 1 is 1.31 bits per heavy atom. The number of urea groups is 1. The molecule has 0 aliphatic carbocycles. The third-order valence-corrected chi connectivity index (χ3v) is 5.74. The molecule has 8 heteroatoms. The Hall–Kier alpha value is -2.35. The first kappa shape index (κ1) is 18.4. The van der Waals surface area contributed by atoms with E-state index in [1.807, 2.05) is 18.2 Å². The quantitative estimate of drug-likeness (QED) is 0.854. The highest BCUT2D eigenvalue weighted by molar-refractivity contribution is 7.18. The van der Waals surface area contributed by atoms with Crippen molar-refractivity contribution in [1.82, 2.24) is 15.2 Å². The highest BCUT2D eigenvalue weighted by atomic mass is 32.1. The van der Waals surface area contributed by atoms with Crippen molar-refractivity contribution in [2.75, 3.05) is 25.5 Å². The second-order valence-corrected chi connectivity index (χ2v) is 7.78. The number of carbonyl (C=O) groups is 2. The van der Waals surface area contributed by atoms with Gasteiger partial charge in [-0.2, -0.15) is 0 Å². The molecule has 1 saturated heterocycles. The van der Waals surface area contributed by atoms with Crippen LogP contribution in [0.1, 0.15) is 37.6 Å². The molecule has 3 rings (SSSR count). The molecule has 1 aliphatic heterocycles. The average Bonchev–Trinajstić information content (AvgIpc) is 3.05. The molecule has 26 heavy (non-hydrogen) atoms. The molecule has 140 valence electrons. The van der Waals surface area contributed by atoms with Crippen LogP contribution in [-0.4, -0.2) is 48.2 Å². The number of thiazole rings is 1. The summed E-state index contributed by atoms with van der Waals surface area (Å²) < 4.78 is 5.79. The van der Waals surface area contributed by atoms with Crippen LogP contribution in [0.4, 0.5) is 15.3 Å². The summed E-state index contributed by atoms with van der Waals surface area (Å²) in [5, 5.41) is 6.96. The average molecular weight is 376 g/mol. The number of carbonyl (C=O) groups excluding carboxylic acids is 2. The van der Waals surface area contributed by atoms with Crippen molar-refractivity contribution in [2.24, 2.45) is 0 Å². The molecule has 0 bridgehead atoms. The Bertz CT molecular complexity index is 797. The summed E-state index contributed by atoms with van der Waals surface area (Å²) in [5.74, 6) is 0.392. The molecular formula is C18H24N4O3S. The number of benzene rings is 1. The third-order valence-electron chi connectivity index (χ3n) is 4.42. The molecule has 0 atom stereocenters. The van der Waals surface area contributed by atoms with E-state index in [2.05, 4.69) is 29.5 Å². The minimum atomic E-state index is -0.313. The molecule has 3 amide bonds. The van der Waals surface area contributed by atoms with E-state index >= 15 is 0 Å². The normalized spacial score (nSPS) is 15.3.